The van der Waals surface area contributed by atoms with E-state index in [0.29, 0.717) is 5.41 Å². The Morgan fingerprint density at radius 3 is 2.46 bits per heavy atom. The molecule has 0 heterocycles. The van der Waals surface area contributed by atoms with Crippen LogP contribution in [0.15, 0.2) is 30.3 Å². The normalized spacial score (nSPS) is 31.7. The SMILES string of the molecule is CNCC1(c2ccccc2)CC1C. The van der Waals surface area contributed by atoms with Crippen molar-refractivity contribution in [1.82, 2.24) is 5.32 Å². The smallest absolute Gasteiger partial charge is 0.0106 e. The van der Waals surface area contributed by atoms with E-state index in [9.17, 15) is 0 Å². The van der Waals surface area contributed by atoms with Crippen LogP contribution in [0.2, 0.25) is 0 Å². The van der Waals surface area contributed by atoms with Gasteiger partial charge in [0.15, 0.2) is 0 Å². The molecule has 0 spiro atoms. The molecule has 2 rings (SSSR count). The number of hydrogen-bond donors (Lipinski definition) is 1. The molecule has 0 radical (unpaired) electrons. The minimum Gasteiger partial charge on any atom is -0.319 e. The van der Waals surface area contributed by atoms with E-state index in [4.69, 9.17) is 0 Å². The molecule has 1 aliphatic rings. The number of likely N-dealkylation sites (N-methyl/N-ethyl adjacent to an activating group) is 1. The van der Waals surface area contributed by atoms with E-state index in [1.165, 1.54) is 12.0 Å². The molecule has 0 bridgehead atoms. The lowest BCUT2D eigenvalue weighted by Gasteiger charge is -2.16. The Morgan fingerprint density at radius 1 is 1.38 bits per heavy atom. The van der Waals surface area contributed by atoms with E-state index >= 15 is 0 Å². The molecular formula is C12H17N. The average Bonchev–Trinajstić information content (AvgIpc) is 2.80. The first-order valence-corrected chi connectivity index (χ1v) is 5.00. The zero-order chi connectivity index (χ0) is 9.31. The molecule has 1 heteroatoms. The zero-order valence-corrected chi connectivity index (χ0v) is 8.38. The summed E-state index contributed by atoms with van der Waals surface area (Å²) in [5.74, 6) is 0.836. The van der Waals surface area contributed by atoms with Gasteiger partial charge in [-0.3, -0.25) is 0 Å². The lowest BCUT2D eigenvalue weighted by Crippen LogP contribution is -2.25. The maximum Gasteiger partial charge on any atom is 0.0106 e. The highest BCUT2D eigenvalue weighted by molar-refractivity contribution is 5.33. The summed E-state index contributed by atoms with van der Waals surface area (Å²) in [6, 6.07) is 10.9. The summed E-state index contributed by atoms with van der Waals surface area (Å²) >= 11 is 0. The third-order valence-corrected chi connectivity index (χ3v) is 3.29. The van der Waals surface area contributed by atoms with Crippen molar-refractivity contribution in [3.05, 3.63) is 35.9 Å². The van der Waals surface area contributed by atoms with Crippen LogP contribution in [-0.4, -0.2) is 13.6 Å². The van der Waals surface area contributed by atoms with Crippen molar-refractivity contribution in [1.29, 1.82) is 0 Å². The van der Waals surface area contributed by atoms with Crippen LogP contribution in [-0.2, 0) is 5.41 Å². The number of rotatable bonds is 3. The minimum atomic E-state index is 0.440. The standard InChI is InChI=1S/C12H17N/c1-10-8-12(10,9-13-2)11-6-4-3-5-7-11/h3-7,10,13H,8-9H2,1-2H3. The van der Waals surface area contributed by atoms with Gasteiger partial charge in [0.05, 0.1) is 0 Å². The van der Waals surface area contributed by atoms with Crippen LogP contribution in [0.5, 0.6) is 0 Å². The zero-order valence-electron chi connectivity index (χ0n) is 8.38. The molecule has 70 valence electrons. The van der Waals surface area contributed by atoms with Crippen LogP contribution in [0.4, 0.5) is 0 Å². The summed E-state index contributed by atoms with van der Waals surface area (Å²) < 4.78 is 0. The average molecular weight is 175 g/mol. The van der Waals surface area contributed by atoms with Crippen molar-refractivity contribution in [2.75, 3.05) is 13.6 Å². The molecule has 1 aromatic rings. The van der Waals surface area contributed by atoms with Gasteiger partial charge in [-0.15, -0.1) is 0 Å². The van der Waals surface area contributed by atoms with E-state index in [0.717, 1.165) is 12.5 Å². The van der Waals surface area contributed by atoms with Crippen molar-refractivity contribution in [3.63, 3.8) is 0 Å². The summed E-state index contributed by atoms with van der Waals surface area (Å²) in [4.78, 5) is 0. The van der Waals surface area contributed by atoms with E-state index in [1.807, 2.05) is 7.05 Å². The molecule has 1 N–H and O–H groups in total. The van der Waals surface area contributed by atoms with Gasteiger partial charge in [0.25, 0.3) is 0 Å². The van der Waals surface area contributed by atoms with Crippen LogP contribution in [0.25, 0.3) is 0 Å². The molecule has 2 unspecified atom stereocenters. The maximum absolute atomic E-state index is 3.30. The third-order valence-electron chi connectivity index (χ3n) is 3.29. The Kier molecular flexibility index (Phi) is 2.12. The van der Waals surface area contributed by atoms with Crippen molar-refractivity contribution < 1.29 is 0 Å². The van der Waals surface area contributed by atoms with E-state index < -0.39 is 0 Å². The fraction of sp³-hybridized carbons (Fsp3) is 0.500. The third kappa shape index (κ3) is 1.37. The monoisotopic (exact) mass is 175 g/mol. The topological polar surface area (TPSA) is 12.0 Å². The molecule has 1 saturated carbocycles. The van der Waals surface area contributed by atoms with Crippen LogP contribution in [0.1, 0.15) is 18.9 Å². The fourth-order valence-electron chi connectivity index (χ4n) is 2.32. The highest BCUT2D eigenvalue weighted by Crippen LogP contribution is 2.53. The predicted molar refractivity (Wildman–Crippen MR) is 55.8 cm³/mol. The second kappa shape index (κ2) is 3.15. The Hall–Kier alpha value is -0.820. The highest BCUT2D eigenvalue weighted by Gasteiger charge is 2.51. The summed E-state index contributed by atoms with van der Waals surface area (Å²) in [7, 11) is 2.04. The number of nitrogens with one attached hydrogen (secondary N) is 1. The molecular weight excluding hydrogens is 158 g/mol. The first-order valence-electron chi connectivity index (χ1n) is 5.00. The molecule has 0 saturated heterocycles. The Morgan fingerprint density at radius 2 is 2.00 bits per heavy atom. The quantitative estimate of drug-likeness (QED) is 0.742. The Bertz CT molecular complexity index is 280. The molecule has 1 fully saturated rings. The van der Waals surface area contributed by atoms with Crippen molar-refractivity contribution in [2.45, 2.75) is 18.8 Å². The van der Waals surface area contributed by atoms with Gasteiger partial charge in [0, 0.05) is 12.0 Å². The van der Waals surface area contributed by atoms with Crippen molar-refractivity contribution in [2.24, 2.45) is 5.92 Å². The van der Waals surface area contributed by atoms with E-state index in [-0.39, 0.29) is 0 Å². The highest BCUT2D eigenvalue weighted by atomic mass is 14.9. The van der Waals surface area contributed by atoms with Crippen LogP contribution >= 0.6 is 0 Å². The van der Waals surface area contributed by atoms with Crippen molar-refractivity contribution >= 4 is 0 Å². The van der Waals surface area contributed by atoms with Crippen LogP contribution in [0.3, 0.4) is 0 Å². The van der Waals surface area contributed by atoms with E-state index in [1.54, 1.807) is 0 Å². The lowest BCUT2D eigenvalue weighted by atomic mass is 9.93. The molecule has 0 aliphatic heterocycles. The minimum absolute atomic E-state index is 0.440. The summed E-state index contributed by atoms with van der Waals surface area (Å²) in [5.41, 5.74) is 1.94. The first kappa shape index (κ1) is 8.76. The summed E-state index contributed by atoms with van der Waals surface area (Å²) in [6.45, 7) is 3.45. The second-order valence-corrected chi connectivity index (χ2v) is 4.16. The van der Waals surface area contributed by atoms with Crippen LogP contribution in [0, 0.1) is 5.92 Å². The molecule has 2 atom stereocenters. The summed E-state index contributed by atoms with van der Waals surface area (Å²) in [6.07, 6.45) is 1.33. The maximum atomic E-state index is 3.30. The van der Waals surface area contributed by atoms with Gasteiger partial charge in [-0.2, -0.15) is 0 Å². The molecule has 1 aromatic carbocycles. The van der Waals surface area contributed by atoms with Gasteiger partial charge in [-0.05, 0) is 24.9 Å². The van der Waals surface area contributed by atoms with Gasteiger partial charge < -0.3 is 5.32 Å². The lowest BCUT2D eigenvalue weighted by molar-refractivity contribution is 0.581. The van der Waals surface area contributed by atoms with Gasteiger partial charge in [-0.25, -0.2) is 0 Å². The molecule has 1 aliphatic carbocycles. The first-order chi connectivity index (χ1) is 6.29. The Labute approximate surface area is 80.2 Å². The van der Waals surface area contributed by atoms with Gasteiger partial charge in [0.1, 0.15) is 0 Å². The molecule has 0 aromatic heterocycles. The van der Waals surface area contributed by atoms with Gasteiger partial charge in [0.2, 0.25) is 0 Å². The van der Waals surface area contributed by atoms with Crippen molar-refractivity contribution in [3.8, 4) is 0 Å². The van der Waals surface area contributed by atoms with E-state index in [2.05, 4.69) is 42.6 Å². The number of benzene rings is 1. The van der Waals surface area contributed by atoms with Gasteiger partial charge in [-0.1, -0.05) is 37.3 Å². The van der Waals surface area contributed by atoms with Gasteiger partial charge >= 0.3 is 0 Å². The molecule has 0 amide bonds. The molecule has 1 nitrogen and oxygen atoms in total. The van der Waals surface area contributed by atoms with Crippen LogP contribution < -0.4 is 5.32 Å². The fourth-order valence-corrected chi connectivity index (χ4v) is 2.32. The summed E-state index contributed by atoms with van der Waals surface area (Å²) in [5, 5.41) is 3.30. The predicted octanol–water partition coefficient (Wildman–Crippen LogP) is 2.18. The Balaban J connectivity index is 2.24. The second-order valence-electron chi connectivity index (χ2n) is 4.16. The molecule has 13 heavy (non-hydrogen) atoms. The number of hydrogen-bond acceptors (Lipinski definition) is 1. The largest absolute Gasteiger partial charge is 0.319 e.